The molecule has 3 rings (SSSR count). The number of carbonyl (C=O) groups is 1. The lowest BCUT2D eigenvalue weighted by molar-refractivity contribution is -0.141. The Hall–Kier alpha value is -2.46. The van der Waals surface area contributed by atoms with Crippen molar-refractivity contribution in [2.24, 2.45) is 0 Å². The van der Waals surface area contributed by atoms with Crippen LogP contribution in [0.2, 0.25) is 5.02 Å². The number of furan rings is 1. The van der Waals surface area contributed by atoms with E-state index in [1.165, 1.54) is 10.7 Å². The molecule has 31 heavy (non-hydrogen) atoms. The van der Waals surface area contributed by atoms with E-state index in [0.717, 1.165) is 10.5 Å². The van der Waals surface area contributed by atoms with Gasteiger partial charge in [0.05, 0.1) is 5.02 Å². The van der Waals surface area contributed by atoms with Gasteiger partial charge in [0.2, 0.25) is 0 Å². The zero-order valence-corrected chi connectivity index (χ0v) is 18.6. The number of aromatic nitrogens is 2. The number of hydrogen-bond acceptors (Lipinski definition) is 4. The predicted molar refractivity (Wildman–Crippen MR) is 111 cm³/mol. The molecule has 0 aliphatic heterocycles. The minimum atomic E-state index is -4.48. The molecule has 0 bridgehead atoms. The van der Waals surface area contributed by atoms with Crippen LogP contribution >= 0.6 is 27.5 Å². The zero-order valence-electron chi connectivity index (χ0n) is 16.3. The second-order valence-electron chi connectivity index (χ2n) is 6.63. The first-order valence-corrected chi connectivity index (χ1v) is 10.4. The zero-order chi connectivity index (χ0) is 22.6. The van der Waals surface area contributed by atoms with Gasteiger partial charge in [-0.2, -0.15) is 18.3 Å². The molecule has 0 aliphatic carbocycles. The van der Waals surface area contributed by atoms with Gasteiger partial charge in [-0.1, -0.05) is 27.5 Å². The second kappa shape index (κ2) is 9.78. The molecule has 3 aromatic rings. The lowest BCUT2D eigenvalue weighted by Crippen LogP contribution is -2.25. The molecule has 11 heteroatoms. The summed E-state index contributed by atoms with van der Waals surface area (Å²) in [5.74, 6) is 0.599. The summed E-state index contributed by atoms with van der Waals surface area (Å²) in [6.07, 6.45) is -4.07. The van der Waals surface area contributed by atoms with Crippen LogP contribution in [0.4, 0.5) is 13.2 Å². The van der Waals surface area contributed by atoms with Crippen LogP contribution in [0.3, 0.4) is 0 Å². The molecule has 1 N–H and O–H groups in total. The molecule has 6 nitrogen and oxygen atoms in total. The normalized spacial score (nSPS) is 11.5. The van der Waals surface area contributed by atoms with E-state index in [0.29, 0.717) is 28.6 Å². The van der Waals surface area contributed by atoms with Crippen molar-refractivity contribution in [2.75, 3.05) is 6.54 Å². The summed E-state index contributed by atoms with van der Waals surface area (Å²) in [7, 11) is 0. The molecule has 166 valence electrons. The van der Waals surface area contributed by atoms with Crippen LogP contribution in [0.15, 0.2) is 45.3 Å². The van der Waals surface area contributed by atoms with Crippen molar-refractivity contribution in [3.05, 3.63) is 68.8 Å². The maximum Gasteiger partial charge on any atom is 0.435 e. The van der Waals surface area contributed by atoms with Crippen molar-refractivity contribution >= 4 is 33.4 Å². The molecule has 0 unspecified atom stereocenters. The van der Waals surface area contributed by atoms with Gasteiger partial charge in [0.25, 0.3) is 5.91 Å². The van der Waals surface area contributed by atoms with Gasteiger partial charge >= 0.3 is 6.18 Å². The highest BCUT2D eigenvalue weighted by Crippen LogP contribution is 2.29. The molecule has 2 aromatic heterocycles. The van der Waals surface area contributed by atoms with Crippen LogP contribution in [0.25, 0.3) is 0 Å². The van der Waals surface area contributed by atoms with Crippen molar-refractivity contribution in [3.8, 4) is 5.75 Å². The third-order valence-electron chi connectivity index (χ3n) is 4.25. The molecule has 0 atom stereocenters. The number of nitrogens with zero attached hydrogens (tertiary/aromatic N) is 2. The van der Waals surface area contributed by atoms with E-state index >= 15 is 0 Å². The lowest BCUT2D eigenvalue weighted by atomic mass is 10.3. The van der Waals surface area contributed by atoms with Crippen molar-refractivity contribution in [3.63, 3.8) is 0 Å². The highest BCUT2D eigenvalue weighted by molar-refractivity contribution is 9.10. The molecule has 2 heterocycles. The fourth-order valence-corrected chi connectivity index (χ4v) is 3.44. The maximum absolute atomic E-state index is 12.7. The number of ether oxygens (including phenoxy) is 1. The third-order valence-corrected chi connectivity index (χ3v) is 5.04. The van der Waals surface area contributed by atoms with E-state index in [-0.39, 0.29) is 25.5 Å². The Morgan fingerprint density at radius 1 is 1.29 bits per heavy atom. The molecular weight excluding hydrogens is 503 g/mol. The standard InChI is InChI=1S/C20H18BrClF3N3O3/c1-12-9-18(20(23,24)25)27-28(12)8-2-7-26-19(29)17-6-4-14(31-17)11-30-16-5-3-13(21)10-15(16)22/h3-6,9-10H,2,7-8,11H2,1H3,(H,26,29). The van der Waals surface area contributed by atoms with Crippen molar-refractivity contribution in [1.82, 2.24) is 15.1 Å². The van der Waals surface area contributed by atoms with Crippen molar-refractivity contribution in [1.29, 1.82) is 0 Å². The summed E-state index contributed by atoms with van der Waals surface area (Å²) in [5.41, 5.74) is -0.524. The number of aryl methyl sites for hydroxylation is 2. The van der Waals surface area contributed by atoms with Gasteiger partial charge in [0, 0.05) is 23.3 Å². The lowest BCUT2D eigenvalue weighted by Gasteiger charge is -2.07. The number of nitrogens with one attached hydrogen (secondary N) is 1. The average molecular weight is 521 g/mol. The largest absolute Gasteiger partial charge is 0.484 e. The monoisotopic (exact) mass is 519 g/mol. The van der Waals surface area contributed by atoms with Crippen LogP contribution in [0, 0.1) is 6.92 Å². The topological polar surface area (TPSA) is 69.3 Å². The van der Waals surface area contributed by atoms with Crippen molar-refractivity contribution in [2.45, 2.75) is 32.7 Å². The van der Waals surface area contributed by atoms with Crippen molar-refractivity contribution < 1.29 is 27.1 Å². The summed E-state index contributed by atoms with van der Waals surface area (Å²) >= 11 is 9.40. The number of carbonyl (C=O) groups excluding carboxylic acids is 1. The quantitative estimate of drug-likeness (QED) is 0.392. The molecule has 1 amide bonds. The SMILES string of the molecule is Cc1cc(C(F)(F)F)nn1CCCNC(=O)c1ccc(COc2ccc(Br)cc2Cl)o1. The number of rotatable bonds is 8. The Bertz CT molecular complexity index is 1070. The molecule has 0 saturated carbocycles. The predicted octanol–water partition coefficient (Wildman–Crippen LogP) is 5.62. The van der Waals surface area contributed by atoms with Crippen LogP contribution in [-0.2, 0) is 19.3 Å². The van der Waals surface area contributed by atoms with Gasteiger partial charge < -0.3 is 14.5 Å². The van der Waals surface area contributed by atoms with Crippen LogP contribution in [-0.4, -0.2) is 22.2 Å². The molecule has 0 aliphatic rings. The highest BCUT2D eigenvalue weighted by atomic mass is 79.9. The van der Waals surface area contributed by atoms with Gasteiger partial charge in [0.1, 0.15) is 18.1 Å². The molecule has 0 spiro atoms. The number of halogens is 5. The summed E-state index contributed by atoms with van der Waals surface area (Å²) in [6, 6.07) is 9.33. The van der Waals surface area contributed by atoms with E-state index in [2.05, 4.69) is 26.3 Å². The van der Waals surface area contributed by atoms with E-state index in [4.69, 9.17) is 20.8 Å². The van der Waals surface area contributed by atoms with Crippen LogP contribution in [0.5, 0.6) is 5.75 Å². The number of hydrogen-bond donors (Lipinski definition) is 1. The molecule has 0 radical (unpaired) electrons. The molecule has 1 aromatic carbocycles. The minimum absolute atomic E-state index is 0.0920. The molecular formula is C20H18BrClF3N3O3. The fourth-order valence-electron chi connectivity index (χ4n) is 2.71. The second-order valence-corrected chi connectivity index (χ2v) is 7.95. The summed E-state index contributed by atoms with van der Waals surface area (Å²) in [6.45, 7) is 2.14. The number of alkyl halides is 3. The summed E-state index contributed by atoms with van der Waals surface area (Å²) in [5, 5.41) is 6.65. The van der Waals surface area contributed by atoms with Crippen LogP contribution in [0.1, 0.15) is 34.1 Å². The van der Waals surface area contributed by atoms with E-state index < -0.39 is 17.8 Å². The first-order chi connectivity index (χ1) is 14.6. The van der Waals surface area contributed by atoms with E-state index in [1.807, 2.05) is 0 Å². The van der Waals surface area contributed by atoms with E-state index in [9.17, 15) is 18.0 Å². The Kier molecular flexibility index (Phi) is 7.32. The fraction of sp³-hybridized carbons (Fsp3) is 0.300. The Balaban J connectivity index is 1.45. The summed E-state index contributed by atoms with van der Waals surface area (Å²) in [4.78, 5) is 12.2. The Morgan fingerprint density at radius 3 is 2.74 bits per heavy atom. The van der Waals surface area contributed by atoms with Gasteiger partial charge in [-0.05, 0) is 49.7 Å². The van der Waals surface area contributed by atoms with Gasteiger partial charge in [0.15, 0.2) is 11.5 Å². The first kappa shape index (κ1) is 23.2. The van der Waals surface area contributed by atoms with Gasteiger partial charge in [-0.3, -0.25) is 9.48 Å². The smallest absolute Gasteiger partial charge is 0.435 e. The maximum atomic E-state index is 12.7. The number of benzene rings is 1. The summed E-state index contributed by atoms with van der Waals surface area (Å²) < 4.78 is 51.2. The Labute approximate surface area is 189 Å². The van der Waals surface area contributed by atoms with Crippen LogP contribution < -0.4 is 10.1 Å². The number of amides is 1. The molecule has 0 fully saturated rings. The molecule has 0 saturated heterocycles. The first-order valence-electron chi connectivity index (χ1n) is 9.20. The third kappa shape index (κ3) is 6.27. The minimum Gasteiger partial charge on any atom is -0.484 e. The Morgan fingerprint density at radius 2 is 2.06 bits per heavy atom. The van der Waals surface area contributed by atoms with Gasteiger partial charge in [-0.25, -0.2) is 0 Å². The van der Waals surface area contributed by atoms with Gasteiger partial charge in [-0.15, -0.1) is 0 Å². The highest BCUT2D eigenvalue weighted by Gasteiger charge is 2.34. The average Bonchev–Trinajstić information content (AvgIpc) is 3.31. The van der Waals surface area contributed by atoms with E-state index in [1.54, 1.807) is 31.2 Å².